The Bertz CT molecular complexity index is 781. The lowest BCUT2D eigenvalue weighted by atomic mass is 10.1. The second kappa shape index (κ2) is 6.79. The van der Waals surface area contributed by atoms with Crippen LogP contribution in [0.3, 0.4) is 0 Å². The van der Waals surface area contributed by atoms with Crippen molar-refractivity contribution >= 4 is 30.5 Å². The summed E-state index contributed by atoms with van der Waals surface area (Å²) in [5, 5.41) is 9.72. The minimum atomic E-state index is -3.80. The molecule has 0 heterocycles. The summed E-state index contributed by atoms with van der Waals surface area (Å²) in [6.45, 7) is 0.485. The molecule has 6 heteroatoms. The molecule has 0 aromatic heterocycles. The van der Waals surface area contributed by atoms with Gasteiger partial charge in [0.1, 0.15) is 5.75 Å². The number of hydrogen-bond acceptors (Lipinski definition) is 4. The van der Waals surface area contributed by atoms with Crippen molar-refractivity contribution < 1.29 is 13.2 Å². The van der Waals surface area contributed by atoms with E-state index in [4.69, 9.17) is 20.7 Å². The Labute approximate surface area is 128 Å². The molecule has 2 rings (SSSR count). The van der Waals surface area contributed by atoms with E-state index >= 15 is 0 Å². The van der Waals surface area contributed by atoms with E-state index in [1.807, 2.05) is 6.07 Å². The quantitative estimate of drug-likeness (QED) is 0.598. The van der Waals surface area contributed by atoms with Gasteiger partial charge in [-0.3, -0.25) is 0 Å². The molecule has 2 aromatic carbocycles. The summed E-state index contributed by atoms with van der Waals surface area (Å²) < 4.78 is 28.9. The Morgan fingerprint density at radius 3 is 2.48 bits per heavy atom. The molecule has 0 aliphatic heterocycles. The lowest BCUT2D eigenvalue weighted by Crippen LogP contribution is -1.99. The third kappa shape index (κ3) is 3.87. The van der Waals surface area contributed by atoms with Gasteiger partial charge in [-0.1, -0.05) is 24.3 Å². The Morgan fingerprint density at radius 2 is 1.81 bits per heavy atom. The first-order chi connectivity index (χ1) is 10.0. The van der Waals surface area contributed by atoms with Crippen LogP contribution in [0.1, 0.15) is 19.3 Å². The molecule has 110 valence electrons. The van der Waals surface area contributed by atoms with Gasteiger partial charge in [0.15, 0.2) is 0 Å². The van der Waals surface area contributed by atoms with Gasteiger partial charge >= 0.3 is 0 Å². The van der Waals surface area contributed by atoms with Gasteiger partial charge in [-0.05, 0) is 25.0 Å². The largest absolute Gasteiger partial charge is 0.493 e. The molecule has 0 unspecified atom stereocenters. The first-order valence-electron chi connectivity index (χ1n) is 6.50. The highest BCUT2D eigenvalue weighted by Crippen LogP contribution is 2.32. The van der Waals surface area contributed by atoms with Gasteiger partial charge in [0.05, 0.1) is 17.6 Å². The zero-order valence-corrected chi connectivity index (χ0v) is 12.8. The Kier molecular flexibility index (Phi) is 5.05. The van der Waals surface area contributed by atoms with Crippen LogP contribution in [0.25, 0.3) is 10.8 Å². The summed E-state index contributed by atoms with van der Waals surface area (Å²) in [7, 11) is 1.65. The van der Waals surface area contributed by atoms with Crippen LogP contribution in [-0.2, 0) is 9.05 Å². The minimum absolute atomic E-state index is 0.0802. The fourth-order valence-corrected chi connectivity index (χ4v) is 3.15. The number of ether oxygens (including phenoxy) is 1. The van der Waals surface area contributed by atoms with E-state index in [0.717, 1.165) is 12.8 Å². The molecule has 0 spiro atoms. The highest BCUT2D eigenvalue weighted by atomic mass is 35.7. The fraction of sp³-hybridized carbons (Fsp3) is 0.267. The van der Waals surface area contributed by atoms with Crippen LogP contribution in [0.5, 0.6) is 5.75 Å². The Morgan fingerprint density at radius 1 is 1.10 bits per heavy atom. The summed E-state index contributed by atoms with van der Waals surface area (Å²) in [5.41, 5.74) is 0. The topological polar surface area (TPSA) is 67.2 Å². The maximum Gasteiger partial charge on any atom is 0.261 e. The number of fused-ring (bicyclic) bond motifs is 1. The molecule has 0 saturated carbocycles. The van der Waals surface area contributed by atoms with Crippen molar-refractivity contribution in [3.63, 3.8) is 0 Å². The first kappa shape index (κ1) is 15.6. The normalized spacial score (nSPS) is 11.2. The molecular formula is C15H14ClNO3S. The minimum Gasteiger partial charge on any atom is -0.493 e. The highest BCUT2D eigenvalue weighted by Gasteiger charge is 2.16. The summed E-state index contributed by atoms with van der Waals surface area (Å²) in [6, 6.07) is 12.2. The van der Waals surface area contributed by atoms with Crippen molar-refractivity contribution in [2.45, 2.75) is 24.2 Å². The molecule has 0 aliphatic rings. The van der Waals surface area contributed by atoms with Crippen molar-refractivity contribution in [3.8, 4) is 11.8 Å². The predicted molar refractivity (Wildman–Crippen MR) is 81.9 cm³/mol. The van der Waals surface area contributed by atoms with Gasteiger partial charge in [0, 0.05) is 27.9 Å². The van der Waals surface area contributed by atoms with Crippen molar-refractivity contribution in [1.82, 2.24) is 0 Å². The second-order valence-corrected chi connectivity index (χ2v) is 7.04. The van der Waals surface area contributed by atoms with Gasteiger partial charge in [0.25, 0.3) is 9.05 Å². The number of nitrogens with zero attached hydrogens (tertiary/aromatic N) is 1. The SMILES string of the molecule is N#CCCCCOc1ccc(S(=O)(=O)Cl)c2ccccc12. The van der Waals surface area contributed by atoms with Gasteiger partial charge < -0.3 is 4.74 Å². The van der Waals surface area contributed by atoms with Crippen molar-refractivity contribution in [3.05, 3.63) is 36.4 Å². The zero-order chi connectivity index (χ0) is 15.3. The number of hydrogen-bond donors (Lipinski definition) is 0. The summed E-state index contributed by atoms with van der Waals surface area (Å²) in [6.07, 6.45) is 2.06. The molecule has 0 fully saturated rings. The molecule has 4 nitrogen and oxygen atoms in total. The van der Waals surface area contributed by atoms with Gasteiger partial charge in [-0.25, -0.2) is 8.42 Å². The lowest BCUT2D eigenvalue weighted by molar-refractivity contribution is 0.311. The molecule has 0 N–H and O–H groups in total. The molecule has 0 aliphatic carbocycles. The van der Waals surface area contributed by atoms with Crippen molar-refractivity contribution in [2.24, 2.45) is 0 Å². The van der Waals surface area contributed by atoms with Crippen LogP contribution in [0.4, 0.5) is 0 Å². The standard InChI is InChI=1S/C15H14ClNO3S/c16-21(18,19)15-9-8-14(20-11-5-1-4-10-17)12-6-2-3-7-13(12)15/h2-3,6-9H,1,4-5,11H2. The average Bonchev–Trinajstić information content (AvgIpc) is 2.45. The van der Waals surface area contributed by atoms with E-state index in [0.29, 0.717) is 29.5 Å². The summed E-state index contributed by atoms with van der Waals surface area (Å²) >= 11 is 0. The van der Waals surface area contributed by atoms with E-state index in [2.05, 4.69) is 6.07 Å². The fourth-order valence-electron chi connectivity index (χ4n) is 2.07. The summed E-state index contributed by atoms with van der Waals surface area (Å²) in [4.78, 5) is 0.0802. The maximum atomic E-state index is 11.6. The first-order valence-corrected chi connectivity index (χ1v) is 8.81. The molecule has 0 amide bonds. The summed E-state index contributed by atoms with van der Waals surface area (Å²) in [5.74, 6) is 0.617. The predicted octanol–water partition coefficient (Wildman–Crippen LogP) is 3.84. The van der Waals surface area contributed by atoms with Crippen LogP contribution >= 0.6 is 10.7 Å². The van der Waals surface area contributed by atoms with E-state index in [1.54, 1.807) is 24.3 Å². The smallest absolute Gasteiger partial charge is 0.261 e. The monoisotopic (exact) mass is 323 g/mol. The third-order valence-corrected chi connectivity index (χ3v) is 4.43. The van der Waals surface area contributed by atoms with Crippen LogP contribution in [0.2, 0.25) is 0 Å². The van der Waals surface area contributed by atoms with E-state index in [1.165, 1.54) is 6.07 Å². The van der Waals surface area contributed by atoms with Crippen LogP contribution in [-0.4, -0.2) is 15.0 Å². The van der Waals surface area contributed by atoms with Crippen LogP contribution < -0.4 is 4.74 Å². The molecular weight excluding hydrogens is 310 g/mol. The molecule has 0 saturated heterocycles. The molecule has 0 radical (unpaired) electrons. The number of benzene rings is 2. The average molecular weight is 324 g/mol. The number of unbranched alkanes of at least 4 members (excludes halogenated alkanes) is 2. The van der Waals surface area contributed by atoms with Gasteiger partial charge in [-0.2, -0.15) is 5.26 Å². The second-order valence-electron chi connectivity index (χ2n) is 4.51. The highest BCUT2D eigenvalue weighted by molar-refractivity contribution is 8.14. The maximum absolute atomic E-state index is 11.6. The molecule has 21 heavy (non-hydrogen) atoms. The lowest BCUT2D eigenvalue weighted by Gasteiger charge is -2.11. The Hall–Kier alpha value is -1.77. The Balaban J connectivity index is 2.29. The number of rotatable bonds is 6. The van der Waals surface area contributed by atoms with Crippen molar-refractivity contribution in [1.29, 1.82) is 5.26 Å². The van der Waals surface area contributed by atoms with Crippen molar-refractivity contribution in [2.75, 3.05) is 6.61 Å². The zero-order valence-electron chi connectivity index (χ0n) is 11.3. The van der Waals surface area contributed by atoms with Crippen LogP contribution in [0.15, 0.2) is 41.3 Å². The van der Waals surface area contributed by atoms with E-state index in [9.17, 15) is 8.42 Å². The molecule has 0 atom stereocenters. The van der Waals surface area contributed by atoms with Gasteiger partial charge in [0.2, 0.25) is 0 Å². The van der Waals surface area contributed by atoms with E-state index < -0.39 is 9.05 Å². The number of nitriles is 1. The van der Waals surface area contributed by atoms with E-state index in [-0.39, 0.29) is 4.90 Å². The molecule has 0 bridgehead atoms. The number of halogens is 1. The van der Waals surface area contributed by atoms with Crippen LogP contribution in [0, 0.1) is 11.3 Å². The van der Waals surface area contributed by atoms with Gasteiger partial charge in [-0.15, -0.1) is 0 Å². The third-order valence-electron chi connectivity index (χ3n) is 3.05. The molecule has 2 aromatic rings.